The summed E-state index contributed by atoms with van der Waals surface area (Å²) in [4.78, 5) is 4.59. The molecular formula is C18H24N2. The molecule has 0 saturated carbocycles. The van der Waals surface area contributed by atoms with E-state index in [1.54, 1.807) is 0 Å². The number of pyridine rings is 1. The summed E-state index contributed by atoms with van der Waals surface area (Å²) in [6, 6.07) is 8.92. The molecule has 2 aromatic rings. The van der Waals surface area contributed by atoms with E-state index in [0.29, 0.717) is 0 Å². The lowest BCUT2D eigenvalue weighted by atomic mass is 10.00. The molecule has 1 unspecified atom stereocenters. The van der Waals surface area contributed by atoms with E-state index in [-0.39, 0.29) is 6.04 Å². The third-order valence-corrected chi connectivity index (χ3v) is 3.91. The first kappa shape index (κ1) is 14.6. The number of aromatic nitrogens is 1. The van der Waals surface area contributed by atoms with Crippen molar-refractivity contribution in [2.75, 3.05) is 5.32 Å². The highest BCUT2D eigenvalue weighted by atomic mass is 14.9. The van der Waals surface area contributed by atoms with Crippen molar-refractivity contribution in [3.05, 3.63) is 57.9 Å². The Bertz CT molecular complexity index is 606. The molecule has 1 N–H and O–H groups in total. The van der Waals surface area contributed by atoms with Crippen molar-refractivity contribution >= 4 is 5.69 Å². The molecule has 0 aliphatic rings. The number of nitrogens with one attached hydrogen (secondary N) is 1. The van der Waals surface area contributed by atoms with Gasteiger partial charge in [0, 0.05) is 17.1 Å². The Morgan fingerprint density at radius 3 is 2.20 bits per heavy atom. The maximum absolute atomic E-state index is 4.59. The molecule has 106 valence electrons. The molecule has 0 amide bonds. The number of rotatable bonds is 3. The van der Waals surface area contributed by atoms with Crippen LogP contribution in [0.25, 0.3) is 0 Å². The zero-order valence-electron chi connectivity index (χ0n) is 13.3. The van der Waals surface area contributed by atoms with Crippen molar-refractivity contribution < 1.29 is 0 Å². The van der Waals surface area contributed by atoms with Gasteiger partial charge in [-0.15, -0.1) is 0 Å². The number of hydrogen-bond donors (Lipinski definition) is 1. The highest BCUT2D eigenvalue weighted by Gasteiger charge is 2.13. The fourth-order valence-electron chi connectivity index (χ4n) is 2.84. The van der Waals surface area contributed by atoms with Crippen LogP contribution in [0, 0.1) is 34.6 Å². The van der Waals surface area contributed by atoms with Gasteiger partial charge in [0.15, 0.2) is 0 Å². The summed E-state index contributed by atoms with van der Waals surface area (Å²) < 4.78 is 0. The number of hydrogen-bond acceptors (Lipinski definition) is 2. The van der Waals surface area contributed by atoms with Gasteiger partial charge in [0.25, 0.3) is 0 Å². The number of benzene rings is 1. The van der Waals surface area contributed by atoms with E-state index in [9.17, 15) is 0 Å². The first-order valence-electron chi connectivity index (χ1n) is 7.17. The quantitative estimate of drug-likeness (QED) is 0.865. The van der Waals surface area contributed by atoms with Crippen LogP contribution in [0.15, 0.2) is 24.3 Å². The molecule has 1 atom stereocenters. The second-order valence-corrected chi connectivity index (χ2v) is 5.74. The van der Waals surface area contributed by atoms with Crippen molar-refractivity contribution in [3.63, 3.8) is 0 Å². The Kier molecular flexibility index (Phi) is 4.12. The van der Waals surface area contributed by atoms with Crippen LogP contribution < -0.4 is 5.32 Å². The first-order valence-corrected chi connectivity index (χ1v) is 7.17. The van der Waals surface area contributed by atoms with Crippen molar-refractivity contribution in [2.45, 2.75) is 47.6 Å². The van der Waals surface area contributed by atoms with Gasteiger partial charge in [0.2, 0.25) is 0 Å². The predicted octanol–water partition coefficient (Wildman–Crippen LogP) is 4.80. The van der Waals surface area contributed by atoms with Gasteiger partial charge in [-0.05, 0) is 82.0 Å². The minimum absolute atomic E-state index is 0.255. The van der Waals surface area contributed by atoms with E-state index in [2.05, 4.69) is 69.2 Å². The largest absolute Gasteiger partial charge is 0.378 e. The molecule has 0 aliphatic carbocycles. The van der Waals surface area contributed by atoms with Gasteiger partial charge in [-0.1, -0.05) is 6.07 Å². The molecule has 2 rings (SSSR count). The van der Waals surface area contributed by atoms with Gasteiger partial charge in [-0.3, -0.25) is 4.98 Å². The third-order valence-electron chi connectivity index (χ3n) is 3.91. The lowest BCUT2D eigenvalue weighted by Gasteiger charge is -2.20. The summed E-state index contributed by atoms with van der Waals surface area (Å²) >= 11 is 0. The van der Waals surface area contributed by atoms with Crippen molar-refractivity contribution in [2.24, 2.45) is 0 Å². The Morgan fingerprint density at radius 2 is 1.60 bits per heavy atom. The number of aryl methyl sites for hydroxylation is 5. The molecule has 1 aromatic heterocycles. The zero-order valence-corrected chi connectivity index (χ0v) is 13.3. The maximum atomic E-state index is 4.59. The average molecular weight is 268 g/mol. The third kappa shape index (κ3) is 3.01. The zero-order chi connectivity index (χ0) is 14.9. The summed E-state index contributed by atoms with van der Waals surface area (Å²) in [5, 5.41) is 3.59. The van der Waals surface area contributed by atoms with Crippen LogP contribution in [-0.2, 0) is 0 Å². The Labute approximate surface area is 122 Å². The number of nitrogens with zero attached hydrogens (tertiary/aromatic N) is 1. The molecule has 1 heterocycles. The summed E-state index contributed by atoms with van der Waals surface area (Å²) in [5.41, 5.74) is 8.62. The van der Waals surface area contributed by atoms with Crippen LogP contribution >= 0.6 is 0 Å². The van der Waals surface area contributed by atoms with Crippen LogP contribution in [0.5, 0.6) is 0 Å². The predicted molar refractivity (Wildman–Crippen MR) is 86.4 cm³/mol. The first-order chi connectivity index (χ1) is 9.38. The van der Waals surface area contributed by atoms with Crippen LogP contribution in [0.2, 0.25) is 0 Å². The molecule has 2 nitrogen and oxygen atoms in total. The van der Waals surface area contributed by atoms with E-state index < -0.39 is 0 Å². The summed E-state index contributed by atoms with van der Waals surface area (Å²) in [6.07, 6.45) is 0. The van der Waals surface area contributed by atoms with E-state index in [1.807, 2.05) is 6.92 Å². The van der Waals surface area contributed by atoms with Crippen molar-refractivity contribution in [1.29, 1.82) is 0 Å². The lowest BCUT2D eigenvalue weighted by molar-refractivity contribution is 0.842. The molecular weight excluding hydrogens is 244 g/mol. The molecule has 0 saturated heterocycles. The van der Waals surface area contributed by atoms with Gasteiger partial charge in [0.05, 0.1) is 6.04 Å². The van der Waals surface area contributed by atoms with E-state index >= 15 is 0 Å². The summed E-state index contributed by atoms with van der Waals surface area (Å²) in [5.74, 6) is 0. The van der Waals surface area contributed by atoms with E-state index in [4.69, 9.17) is 0 Å². The van der Waals surface area contributed by atoms with Crippen molar-refractivity contribution in [1.82, 2.24) is 4.98 Å². The second kappa shape index (κ2) is 5.66. The summed E-state index contributed by atoms with van der Waals surface area (Å²) in [6.45, 7) is 12.8. The molecule has 0 spiro atoms. The molecule has 2 heteroatoms. The highest BCUT2D eigenvalue weighted by Crippen LogP contribution is 2.25. The van der Waals surface area contributed by atoms with E-state index in [0.717, 1.165) is 11.4 Å². The van der Waals surface area contributed by atoms with E-state index in [1.165, 1.54) is 27.9 Å². The molecule has 20 heavy (non-hydrogen) atoms. The van der Waals surface area contributed by atoms with Gasteiger partial charge < -0.3 is 5.32 Å². The standard InChI is InChI=1S/C18H24N2/c1-11-7-8-17(10-12(11)2)20-16(6)18-13(3)9-14(4)19-15(18)5/h7-10,16,20H,1-6H3. The second-order valence-electron chi connectivity index (χ2n) is 5.74. The Balaban J connectivity index is 2.28. The molecule has 1 aromatic carbocycles. The molecule has 0 bridgehead atoms. The Morgan fingerprint density at radius 1 is 0.900 bits per heavy atom. The lowest BCUT2D eigenvalue weighted by Crippen LogP contribution is -2.11. The highest BCUT2D eigenvalue weighted by molar-refractivity contribution is 5.50. The topological polar surface area (TPSA) is 24.9 Å². The van der Waals surface area contributed by atoms with Gasteiger partial charge in [-0.2, -0.15) is 0 Å². The molecule has 0 aliphatic heterocycles. The van der Waals surface area contributed by atoms with Crippen LogP contribution in [-0.4, -0.2) is 4.98 Å². The van der Waals surface area contributed by atoms with Crippen molar-refractivity contribution in [3.8, 4) is 0 Å². The van der Waals surface area contributed by atoms with Gasteiger partial charge in [-0.25, -0.2) is 0 Å². The molecule has 0 fully saturated rings. The minimum Gasteiger partial charge on any atom is -0.378 e. The molecule has 0 radical (unpaired) electrons. The fraction of sp³-hybridized carbons (Fsp3) is 0.389. The van der Waals surface area contributed by atoms with Crippen LogP contribution in [0.4, 0.5) is 5.69 Å². The SMILES string of the molecule is Cc1cc(C)c(C(C)Nc2ccc(C)c(C)c2)c(C)n1. The Hall–Kier alpha value is -1.83. The smallest absolute Gasteiger partial charge is 0.0506 e. The fourth-order valence-corrected chi connectivity index (χ4v) is 2.84. The van der Waals surface area contributed by atoms with Gasteiger partial charge in [0.1, 0.15) is 0 Å². The summed E-state index contributed by atoms with van der Waals surface area (Å²) in [7, 11) is 0. The average Bonchev–Trinajstić information content (AvgIpc) is 2.32. The van der Waals surface area contributed by atoms with Gasteiger partial charge >= 0.3 is 0 Å². The maximum Gasteiger partial charge on any atom is 0.0506 e. The van der Waals surface area contributed by atoms with Crippen LogP contribution in [0.1, 0.15) is 46.6 Å². The monoisotopic (exact) mass is 268 g/mol. The normalized spacial score (nSPS) is 12.3. The minimum atomic E-state index is 0.255. The van der Waals surface area contributed by atoms with Crippen LogP contribution in [0.3, 0.4) is 0 Å². The number of anilines is 1.